The third-order valence-electron chi connectivity index (χ3n) is 4.85. The summed E-state index contributed by atoms with van der Waals surface area (Å²) in [6, 6.07) is 10.3. The number of carbonyl (C=O) groups excluding carboxylic acids is 1. The maximum Gasteiger partial charge on any atom is 0.235 e. The van der Waals surface area contributed by atoms with Gasteiger partial charge in [-0.2, -0.15) is 0 Å². The van der Waals surface area contributed by atoms with Gasteiger partial charge in [-0.3, -0.25) is 4.79 Å². The quantitative estimate of drug-likeness (QED) is 0.727. The van der Waals surface area contributed by atoms with Gasteiger partial charge in [0, 0.05) is 26.2 Å². The molecule has 1 saturated heterocycles. The van der Waals surface area contributed by atoms with Crippen LogP contribution < -0.4 is 0 Å². The van der Waals surface area contributed by atoms with Crippen LogP contribution in [0.1, 0.15) is 25.2 Å². The fourth-order valence-electron chi connectivity index (χ4n) is 3.15. The second-order valence-corrected chi connectivity index (χ2v) is 7.93. The van der Waals surface area contributed by atoms with Crippen molar-refractivity contribution in [1.29, 1.82) is 0 Å². The first-order chi connectivity index (χ1) is 12.6. The lowest BCUT2D eigenvalue weighted by atomic mass is 10.2. The average molecular weight is 374 g/mol. The Morgan fingerprint density at radius 2 is 1.85 bits per heavy atom. The number of hydrogen-bond acceptors (Lipinski definition) is 5. The van der Waals surface area contributed by atoms with Crippen molar-refractivity contribution < 1.29 is 4.79 Å². The minimum absolute atomic E-state index is 0.165. The Bertz CT molecular complexity index is 725. The first kappa shape index (κ1) is 18.9. The highest BCUT2D eigenvalue weighted by Crippen LogP contribution is 2.25. The van der Waals surface area contributed by atoms with Crippen molar-refractivity contribution in [3.05, 3.63) is 41.7 Å². The molecular weight excluding hydrogens is 346 g/mol. The van der Waals surface area contributed by atoms with Crippen molar-refractivity contribution in [1.82, 2.24) is 24.6 Å². The highest BCUT2D eigenvalue weighted by atomic mass is 32.2. The zero-order valence-corrected chi connectivity index (χ0v) is 16.6. The van der Waals surface area contributed by atoms with E-state index in [1.165, 1.54) is 17.3 Å². The number of rotatable bonds is 6. The Morgan fingerprint density at radius 3 is 2.50 bits per heavy atom. The van der Waals surface area contributed by atoms with Crippen LogP contribution in [-0.4, -0.2) is 68.4 Å². The number of piperazine rings is 1. The van der Waals surface area contributed by atoms with E-state index in [1.807, 2.05) is 36.9 Å². The Hall–Kier alpha value is -1.86. The molecule has 1 aliphatic rings. The summed E-state index contributed by atoms with van der Waals surface area (Å²) in [6.45, 7) is 11.4. The van der Waals surface area contributed by atoms with Gasteiger partial charge in [-0.15, -0.1) is 10.2 Å². The van der Waals surface area contributed by atoms with Crippen LogP contribution in [0.4, 0.5) is 0 Å². The summed E-state index contributed by atoms with van der Waals surface area (Å²) < 4.78 is 2.08. The van der Waals surface area contributed by atoms with E-state index in [4.69, 9.17) is 0 Å². The molecule has 1 fully saturated rings. The fourth-order valence-corrected chi connectivity index (χ4v) is 4.12. The largest absolute Gasteiger partial charge is 0.339 e. The average Bonchev–Trinajstić information content (AvgIpc) is 3.01. The van der Waals surface area contributed by atoms with Gasteiger partial charge in [-0.1, -0.05) is 49.0 Å². The van der Waals surface area contributed by atoms with Crippen molar-refractivity contribution in [2.45, 2.75) is 37.7 Å². The van der Waals surface area contributed by atoms with E-state index in [9.17, 15) is 4.79 Å². The van der Waals surface area contributed by atoms with Crippen LogP contribution in [0.15, 0.2) is 35.5 Å². The molecule has 0 unspecified atom stereocenters. The van der Waals surface area contributed by atoms with Crippen LogP contribution in [0.25, 0.3) is 0 Å². The highest BCUT2D eigenvalue weighted by Gasteiger charge is 2.26. The van der Waals surface area contributed by atoms with Crippen LogP contribution in [0.3, 0.4) is 0 Å². The number of carbonyl (C=O) groups is 1. The van der Waals surface area contributed by atoms with E-state index in [2.05, 4.69) is 38.7 Å². The van der Waals surface area contributed by atoms with Gasteiger partial charge in [0.2, 0.25) is 5.91 Å². The zero-order chi connectivity index (χ0) is 18.5. The zero-order valence-electron chi connectivity index (χ0n) is 15.8. The van der Waals surface area contributed by atoms with E-state index >= 15 is 0 Å². The molecule has 0 saturated carbocycles. The van der Waals surface area contributed by atoms with E-state index in [1.54, 1.807) is 0 Å². The normalized spacial score (nSPS) is 16.7. The Labute approximate surface area is 159 Å². The second-order valence-electron chi connectivity index (χ2n) is 6.62. The number of likely N-dealkylation sites (N-methyl/N-ethyl adjacent to an activating group) is 1. The van der Waals surface area contributed by atoms with Crippen molar-refractivity contribution in [2.24, 2.45) is 0 Å². The Balaban J connectivity index is 1.64. The molecule has 2 aromatic rings. The highest BCUT2D eigenvalue weighted by molar-refractivity contribution is 8.00. The van der Waals surface area contributed by atoms with Crippen molar-refractivity contribution in [3.8, 4) is 0 Å². The molecule has 26 heavy (non-hydrogen) atoms. The number of aryl methyl sites for hydroxylation is 1. The third kappa shape index (κ3) is 4.45. The molecule has 140 valence electrons. The fraction of sp³-hybridized carbons (Fsp3) is 0.526. The van der Waals surface area contributed by atoms with Gasteiger partial charge < -0.3 is 14.4 Å². The van der Waals surface area contributed by atoms with Crippen LogP contribution in [0.2, 0.25) is 0 Å². The number of hydrogen-bond donors (Lipinski definition) is 0. The summed E-state index contributed by atoms with van der Waals surface area (Å²) in [5.74, 6) is 1.06. The molecule has 1 amide bonds. The number of amides is 1. The first-order valence-electron chi connectivity index (χ1n) is 9.20. The Morgan fingerprint density at radius 1 is 1.15 bits per heavy atom. The van der Waals surface area contributed by atoms with Gasteiger partial charge >= 0.3 is 0 Å². The summed E-state index contributed by atoms with van der Waals surface area (Å²) in [4.78, 5) is 17.2. The van der Waals surface area contributed by atoms with E-state index in [-0.39, 0.29) is 11.2 Å². The van der Waals surface area contributed by atoms with E-state index < -0.39 is 0 Å². The van der Waals surface area contributed by atoms with Crippen LogP contribution in [0.5, 0.6) is 0 Å². The van der Waals surface area contributed by atoms with Gasteiger partial charge in [-0.25, -0.2) is 0 Å². The number of nitrogens with zero attached hydrogens (tertiary/aromatic N) is 5. The topological polar surface area (TPSA) is 54.3 Å². The van der Waals surface area contributed by atoms with Crippen LogP contribution in [0, 0.1) is 6.92 Å². The number of thioether (sulfide) groups is 1. The monoisotopic (exact) mass is 373 g/mol. The minimum Gasteiger partial charge on any atom is -0.339 e. The molecule has 0 radical (unpaired) electrons. The summed E-state index contributed by atoms with van der Waals surface area (Å²) in [5, 5.41) is 9.16. The molecule has 2 heterocycles. The lowest BCUT2D eigenvalue weighted by Gasteiger charge is -2.35. The van der Waals surface area contributed by atoms with Gasteiger partial charge in [0.25, 0.3) is 0 Å². The minimum atomic E-state index is -0.165. The molecule has 1 aliphatic heterocycles. The molecule has 0 aliphatic carbocycles. The molecule has 0 N–H and O–H groups in total. The summed E-state index contributed by atoms with van der Waals surface area (Å²) in [6.07, 6.45) is 0. The SMILES string of the molecule is CCN1CCN(C(=O)[C@@H](C)Sc2nnc(C)n2Cc2ccccc2)CC1. The maximum absolute atomic E-state index is 12.8. The number of aromatic nitrogens is 3. The van der Waals surface area contributed by atoms with E-state index in [0.29, 0.717) is 0 Å². The molecule has 0 spiro atoms. The van der Waals surface area contributed by atoms with Gasteiger partial charge in [0.05, 0.1) is 11.8 Å². The number of benzene rings is 1. The standard InChI is InChI=1S/C19H27N5OS/c1-4-22-10-12-23(13-11-22)18(25)15(2)26-19-21-20-16(3)24(19)14-17-8-6-5-7-9-17/h5-9,15H,4,10-14H2,1-3H3/t15-/m1/s1. The molecule has 7 heteroatoms. The lowest BCUT2D eigenvalue weighted by molar-refractivity contribution is -0.132. The molecule has 1 aromatic heterocycles. The van der Waals surface area contributed by atoms with Crippen molar-refractivity contribution >= 4 is 17.7 Å². The Kier molecular flexibility index (Phi) is 6.32. The molecule has 1 aromatic carbocycles. The first-order valence-corrected chi connectivity index (χ1v) is 10.1. The molecule has 6 nitrogen and oxygen atoms in total. The van der Waals surface area contributed by atoms with E-state index in [0.717, 1.165) is 50.2 Å². The maximum atomic E-state index is 12.8. The van der Waals surface area contributed by atoms with Gasteiger partial charge in [-0.05, 0) is 26.0 Å². The van der Waals surface area contributed by atoms with Gasteiger partial charge in [0.1, 0.15) is 5.82 Å². The van der Waals surface area contributed by atoms with Crippen molar-refractivity contribution in [2.75, 3.05) is 32.7 Å². The third-order valence-corrected chi connectivity index (χ3v) is 5.91. The molecule has 3 rings (SSSR count). The molecule has 1 atom stereocenters. The second kappa shape index (κ2) is 8.68. The van der Waals surface area contributed by atoms with Gasteiger partial charge in [0.15, 0.2) is 5.16 Å². The summed E-state index contributed by atoms with van der Waals surface area (Å²) in [5.41, 5.74) is 1.20. The summed E-state index contributed by atoms with van der Waals surface area (Å²) in [7, 11) is 0. The molecular formula is C19H27N5OS. The summed E-state index contributed by atoms with van der Waals surface area (Å²) >= 11 is 1.50. The lowest BCUT2D eigenvalue weighted by Crippen LogP contribution is -2.50. The smallest absolute Gasteiger partial charge is 0.235 e. The predicted molar refractivity (Wildman–Crippen MR) is 104 cm³/mol. The van der Waals surface area contributed by atoms with Crippen molar-refractivity contribution in [3.63, 3.8) is 0 Å². The predicted octanol–water partition coefficient (Wildman–Crippen LogP) is 2.28. The van der Waals surface area contributed by atoms with Crippen LogP contribution >= 0.6 is 11.8 Å². The molecule has 0 bridgehead atoms. The van der Waals surface area contributed by atoms with Crippen LogP contribution in [-0.2, 0) is 11.3 Å².